The Morgan fingerprint density at radius 2 is 2.04 bits per heavy atom. The van der Waals surface area contributed by atoms with Gasteiger partial charge in [-0.05, 0) is 48.4 Å². The number of carbonyl (C=O) groups excluding carboxylic acids is 1. The van der Waals surface area contributed by atoms with Gasteiger partial charge in [-0.3, -0.25) is 4.79 Å². The highest BCUT2D eigenvalue weighted by Gasteiger charge is 2.12. The van der Waals surface area contributed by atoms with Crippen LogP contribution < -0.4 is 10.1 Å². The lowest BCUT2D eigenvalue weighted by Crippen LogP contribution is -2.25. The number of benzene rings is 2. The number of amides is 1. The van der Waals surface area contributed by atoms with Gasteiger partial charge in [-0.15, -0.1) is 11.8 Å². The van der Waals surface area contributed by atoms with Gasteiger partial charge < -0.3 is 14.6 Å². The van der Waals surface area contributed by atoms with Gasteiger partial charge in [0.25, 0.3) is 5.91 Å². The van der Waals surface area contributed by atoms with E-state index in [2.05, 4.69) is 34.3 Å². The highest BCUT2D eigenvalue weighted by Crippen LogP contribution is 2.25. The Morgan fingerprint density at radius 1 is 1.20 bits per heavy atom. The van der Waals surface area contributed by atoms with Crippen LogP contribution in [0.1, 0.15) is 16.8 Å². The van der Waals surface area contributed by atoms with Gasteiger partial charge >= 0.3 is 0 Å². The second kappa shape index (κ2) is 8.12. The molecule has 0 radical (unpaired) electrons. The van der Waals surface area contributed by atoms with Crippen LogP contribution in [0.15, 0.2) is 59.6 Å². The Morgan fingerprint density at radius 3 is 2.84 bits per heavy atom. The molecule has 4 nitrogen and oxygen atoms in total. The van der Waals surface area contributed by atoms with Crippen molar-refractivity contribution in [3.05, 3.63) is 60.3 Å². The van der Waals surface area contributed by atoms with E-state index < -0.39 is 0 Å². The number of ether oxygens (including phenoxy) is 1. The molecule has 5 heteroatoms. The van der Waals surface area contributed by atoms with E-state index >= 15 is 0 Å². The fourth-order valence-electron chi connectivity index (χ4n) is 2.87. The van der Waals surface area contributed by atoms with Crippen molar-refractivity contribution in [2.75, 3.05) is 19.9 Å². The predicted molar refractivity (Wildman–Crippen MR) is 104 cm³/mol. The minimum absolute atomic E-state index is 0.0955. The standard InChI is InChI=1S/C20H22N2O2S/c1-24-19-14-16(25-2)8-9-17(19)20(23)21-11-5-12-22-13-10-15-6-3-4-7-18(15)22/h3-4,6-10,13-14H,5,11-12H2,1-2H3,(H,21,23). The highest BCUT2D eigenvalue weighted by molar-refractivity contribution is 7.98. The number of hydrogen-bond donors (Lipinski definition) is 1. The van der Waals surface area contributed by atoms with E-state index in [4.69, 9.17) is 4.74 Å². The Kier molecular flexibility index (Phi) is 5.66. The minimum Gasteiger partial charge on any atom is -0.496 e. The third-order valence-electron chi connectivity index (χ3n) is 4.19. The van der Waals surface area contributed by atoms with Gasteiger partial charge in [0.2, 0.25) is 0 Å². The van der Waals surface area contributed by atoms with Gasteiger partial charge in [0.1, 0.15) is 5.75 Å². The Balaban J connectivity index is 1.56. The van der Waals surface area contributed by atoms with Gasteiger partial charge in [-0.1, -0.05) is 18.2 Å². The number of aryl methyl sites for hydroxylation is 1. The Hall–Kier alpha value is -2.40. The summed E-state index contributed by atoms with van der Waals surface area (Å²) in [7, 11) is 1.59. The summed E-state index contributed by atoms with van der Waals surface area (Å²) in [6.07, 6.45) is 4.96. The van der Waals surface area contributed by atoms with E-state index in [0.717, 1.165) is 17.9 Å². The molecule has 0 fully saturated rings. The van der Waals surface area contributed by atoms with Crippen LogP contribution in [0.2, 0.25) is 0 Å². The summed E-state index contributed by atoms with van der Waals surface area (Å²) in [6.45, 7) is 1.50. The number of nitrogens with zero attached hydrogens (tertiary/aromatic N) is 1. The van der Waals surface area contributed by atoms with Crippen LogP contribution in [0.5, 0.6) is 5.75 Å². The summed E-state index contributed by atoms with van der Waals surface area (Å²) in [6, 6.07) is 16.1. The number of hydrogen-bond acceptors (Lipinski definition) is 3. The van der Waals surface area contributed by atoms with E-state index in [9.17, 15) is 4.79 Å². The normalized spacial score (nSPS) is 10.8. The molecule has 0 aliphatic heterocycles. The van der Waals surface area contributed by atoms with Gasteiger partial charge in [0.15, 0.2) is 0 Å². The van der Waals surface area contributed by atoms with E-state index in [1.54, 1.807) is 18.9 Å². The van der Waals surface area contributed by atoms with Crippen LogP contribution in [0.25, 0.3) is 10.9 Å². The largest absolute Gasteiger partial charge is 0.496 e. The maximum Gasteiger partial charge on any atom is 0.255 e. The smallest absolute Gasteiger partial charge is 0.255 e. The molecule has 25 heavy (non-hydrogen) atoms. The van der Waals surface area contributed by atoms with Gasteiger partial charge in [-0.25, -0.2) is 0 Å². The number of aromatic nitrogens is 1. The SMILES string of the molecule is COc1cc(SC)ccc1C(=O)NCCCn1ccc2ccccc21. The molecule has 1 heterocycles. The van der Waals surface area contributed by atoms with Crippen molar-refractivity contribution in [1.29, 1.82) is 0 Å². The molecule has 0 spiro atoms. The summed E-state index contributed by atoms with van der Waals surface area (Å²) in [5.41, 5.74) is 1.80. The maximum absolute atomic E-state index is 12.4. The zero-order valence-electron chi connectivity index (χ0n) is 14.5. The summed E-state index contributed by atoms with van der Waals surface area (Å²) in [5, 5.41) is 4.22. The number of carbonyl (C=O) groups is 1. The average molecular weight is 354 g/mol. The molecule has 0 bridgehead atoms. The molecule has 2 aromatic carbocycles. The van der Waals surface area contributed by atoms with Crippen molar-refractivity contribution in [2.24, 2.45) is 0 Å². The number of rotatable bonds is 7. The maximum atomic E-state index is 12.4. The molecule has 0 atom stereocenters. The van der Waals surface area contributed by atoms with E-state index in [1.165, 1.54) is 10.9 Å². The van der Waals surface area contributed by atoms with Crippen molar-refractivity contribution < 1.29 is 9.53 Å². The van der Waals surface area contributed by atoms with Gasteiger partial charge in [-0.2, -0.15) is 0 Å². The molecule has 3 aromatic rings. The van der Waals surface area contributed by atoms with Crippen LogP contribution in [0, 0.1) is 0 Å². The quantitative estimate of drug-likeness (QED) is 0.511. The monoisotopic (exact) mass is 354 g/mol. The second-order valence-corrected chi connectivity index (χ2v) is 6.62. The topological polar surface area (TPSA) is 43.3 Å². The second-order valence-electron chi connectivity index (χ2n) is 5.74. The van der Waals surface area contributed by atoms with E-state index in [-0.39, 0.29) is 5.91 Å². The summed E-state index contributed by atoms with van der Waals surface area (Å²) in [5.74, 6) is 0.516. The summed E-state index contributed by atoms with van der Waals surface area (Å²) in [4.78, 5) is 13.5. The van der Waals surface area contributed by atoms with E-state index in [0.29, 0.717) is 17.9 Å². The van der Waals surface area contributed by atoms with Crippen LogP contribution in [-0.2, 0) is 6.54 Å². The first-order chi connectivity index (χ1) is 12.2. The number of para-hydroxylation sites is 1. The van der Waals surface area contributed by atoms with Crippen LogP contribution in [-0.4, -0.2) is 30.4 Å². The van der Waals surface area contributed by atoms with E-state index in [1.807, 2.05) is 36.6 Å². The van der Waals surface area contributed by atoms with Crippen molar-refractivity contribution >= 4 is 28.6 Å². The first-order valence-electron chi connectivity index (χ1n) is 8.27. The van der Waals surface area contributed by atoms with Crippen LogP contribution in [0.3, 0.4) is 0 Å². The number of methoxy groups -OCH3 is 1. The highest BCUT2D eigenvalue weighted by atomic mass is 32.2. The zero-order chi connectivity index (χ0) is 17.6. The molecule has 130 valence electrons. The molecular weight excluding hydrogens is 332 g/mol. The fourth-order valence-corrected chi connectivity index (χ4v) is 3.30. The number of nitrogens with one attached hydrogen (secondary N) is 1. The summed E-state index contributed by atoms with van der Waals surface area (Å²) >= 11 is 1.63. The Labute approximate surface area is 152 Å². The molecule has 0 aliphatic rings. The molecule has 0 saturated heterocycles. The molecule has 0 aliphatic carbocycles. The molecule has 1 aromatic heterocycles. The fraction of sp³-hybridized carbons (Fsp3) is 0.250. The molecule has 1 amide bonds. The van der Waals surface area contributed by atoms with Crippen molar-refractivity contribution in [3.8, 4) is 5.75 Å². The minimum atomic E-state index is -0.0955. The number of thioether (sulfide) groups is 1. The predicted octanol–water partition coefficient (Wildman–Crippen LogP) is 4.19. The Bertz CT molecular complexity index is 873. The molecule has 1 N–H and O–H groups in total. The molecule has 0 unspecified atom stereocenters. The van der Waals surface area contributed by atoms with Gasteiger partial charge in [0, 0.05) is 29.7 Å². The zero-order valence-corrected chi connectivity index (χ0v) is 15.3. The third-order valence-corrected chi connectivity index (χ3v) is 4.92. The lowest BCUT2D eigenvalue weighted by Gasteiger charge is -2.11. The van der Waals surface area contributed by atoms with Crippen molar-refractivity contribution in [3.63, 3.8) is 0 Å². The lowest BCUT2D eigenvalue weighted by molar-refractivity contribution is 0.0949. The van der Waals surface area contributed by atoms with Crippen LogP contribution >= 0.6 is 11.8 Å². The van der Waals surface area contributed by atoms with Crippen LogP contribution in [0.4, 0.5) is 0 Å². The van der Waals surface area contributed by atoms with Gasteiger partial charge in [0.05, 0.1) is 12.7 Å². The lowest BCUT2D eigenvalue weighted by atomic mass is 10.2. The first-order valence-corrected chi connectivity index (χ1v) is 9.49. The summed E-state index contributed by atoms with van der Waals surface area (Å²) < 4.78 is 7.56. The first kappa shape index (κ1) is 17.4. The molecule has 3 rings (SSSR count). The molecule has 0 saturated carbocycles. The average Bonchev–Trinajstić information content (AvgIpc) is 3.07. The van der Waals surface area contributed by atoms with Crippen molar-refractivity contribution in [2.45, 2.75) is 17.9 Å². The third kappa shape index (κ3) is 3.99. The molecular formula is C20H22N2O2S. The number of fused-ring (bicyclic) bond motifs is 1. The van der Waals surface area contributed by atoms with Crippen molar-refractivity contribution in [1.82, 2.24) is 9.88 Å².